The van der Waals surface area contributed by atoms with E-state index in [1.54, 1.807) is 0 Å². The molecule has 0 radical (unpaired) electrons. The van der Waals surface area contributed by atoms with Gasteiger partial charge in [0.1, 0.15) is 5.69 Å². The van der Waals surface area contributed by atoms with Crippen LogP contribution in [0.1, 0.15) is 25.7 Å². The molecule has 0 amide bonds. The van der Waals surface area contributed by atoms with Gasteiger partial charge in [0.25, 0.3) is 5.56 Å². The Morgan fingerprint density at radius 3 is 3.06 bits per heavy atom. The van der Waals surface area contributed by atoms with Crippen molar-refractivity contribution in [1.29, 1.82) is 0 Å². The Bertz CT molecular complexity index is 430. The molecule has 2 rings (SSSR count). The highest BCUT2D eigenvalue weighted by atomic mass is 16.1. The Labute approximate surface area is 100 Å². The van der Waals surface area contributed by atoms with Gasteiger partial charge in [-0.1, -0.05) is 12.8 Å². The fraction of sp³-hybridized carbons (Fsp3) is 0.636. The first kappa shape index (κ1) is 11.9. The molecule has 1 saturated heterocycles. The van der Waals surface area contributed by atoms with Crippen LogP contribution in [0.2, 0.25) is 0 Å². The number of aromatic nitrogens is 2. The molecule has 0 bridgehead atoms. The molecule has 1 aromatic rings. The number of hydrogen-bond donors (Lipinski definition) is 3. The third-order valence-corrected chi connectivity index (χ3v) is 3.29. The SMILES string of the molecule is NCC1CCCCCN1c1nc[nH]c(=O)c1N. The Morgan fingerprint density at radius 2 is 2.29 bits per heavy atom. The predicted molar refractivity (Wildman–Crippen MR) is 67.9 cm³/mol. The zero-order chi connectivity index (χ0) is 12.3. The molecule has 1 unspecified atom stereocenters. The van der Waals surface area contributed by atoms with Gasteiger partial charge in [0, 0.05) is 19.1 Å². The molecule has 5 N–H and O–H groups in total. The summed E-state index contributed by atoms with van der Waals surface area (Å²) in [7, 11) is 0. The number of hydrogen-bond acceptors (Lipinski definition) is 5. The lowest BCUT2D eigenvalue weighted by molar-refractivity contribution is 0.576. The molecule has 1 aliphatic heterocycles. The maximum atomic E-state index is 11.5. The summed E-state index contributed by atoms with van der Waals surface area (Å²) in [4.78, 5) is 20.2. The Balaban J connectivity index is 2.35. The molecule has 2 heterocycles. The van der Waals surface area contributed by atoms with E-state index < -0.39 is 0 Å². The van der Waals surface area contributed by atoms with E-state index in [0.29, 0.717) is 12.4 Å². The van der Waals surface area contributed by atoms with Crippen LogP contribution in [0.25, 0.3) is 0 Å². The number of aromatic amines is 1. The molecule has 0 aliphatic carbocycles. The van der Waals surface area contributed by atoms with E-state index in [1.165, 1.54) is 19.2 Å². The van der Waals surface area contributed by atoms with Gasteiger partial charge in [-0.15, -0.1) is 0 Å². The molecule has 94 valence electrons. The minimum absolute atomic E-state index is 0.188. The predicted octanol–water partition coefficient (Wildman–Crippen LogP) is 0.0598. The van der Waals surface area contributed by atoms with Crippen molar-refractivity contribution < 1.29 is 0 Å². The standard InChI is InChI=1S/C11H19N5O/c12-6-8-4-2-1-3-5-16(8)10-9(13)11(17)15-7-14-10/h7-8H,1-6,12-13H2,(H,14,15,17). The molecular weight excluding hydrogens is 218 g/mol. The van der Waals surface area contributed by atoms with E-state index in [2.05, 4.69) is 14.9 Å². The van der Waals surface area contributed by atoms with E-state index in [0.717, 1.165) is 19.4 Å². The monoisotopic (exact) mass is 237 g/mol. The van der Waals surface area contributed by atoms with Crippen molar-refractivity contribution in [3.8, 4) is 0 Å². The molecule has 0 aromatic carbocycles. The number of nitrogens with zero attached hydrogens (tertiary/aromatic N) is 2. The average molecular weight is 237 g/mol. The minimum Gasteiger partial charge on any atom is -0.391 e. The van der Waals surface area contributed by atoms with Gasteiger partial charge in [0.05, 0.1) is 6.33 Å². The second kappa shape index (κ2) is 5.18. The van der Waals surface area contributed by atoms with Gasteiger partial charge in [-0.25, -0.2) is 4.98 Å². The summed E-state index contributed by atoms with van der Waals surface area (Å²) >= 11 is 0. The van der Waals surface area contributed by atoms with Crippen molar-refractivity contribution in [3.05, 3.63) is 16.7 Å². The molecule has 17 heavy (non-hydrogen) atoms. The van der Waals surface area contributed by atoms with Crippen LogP contribution in [0.3, 0.4) is 0 Å². The highest BCUT2D eigenvalue weighted by Crippen LogP contribution is 2.24. The maximum Gasteiger partial charge on any atom is 0.276 e. The number of H-pyrrole nitrogens is 1. The largest absolute Gasteiger partial charge is 0.391 e. The lowest BCUT2D eigenvalue weighted by atomic mass is 10.1. The molecule has 6 nitrogen and oxygen atoms in total. The zero-order valence-electron chi connectivity index (χ0n) is 9.85. The zero-order valence-corrected chi connectivity index (χ0v) is 9.85. The molecule has 0 spiro atoms. The van der Waals surface area contributed by atoms with Gasteiger partial charge in [-0.2, -0.15) is 0 Å². The summed E-state index contributed by atoms with van der Waals surface area (Å²) in [6, 6.07) is 0.231. The third-order valence-electron chi connectivity index (χ3n) is 3.29. The number of nitrogens with one attached hydrogen (secondary N) is 1. The molecule has 6 heteroatoms. The van der Waals surface area contributed by atoms with Gasteiger partial charge in [0.2, 0.25) is 0 Å². The lowest BCUT2D eigenvalue weighted by Crippen LogP contribution is -2.41. The van der Waals surface area contributed by atoms with Crippen LogP contribution >= 0.6 is 0 Å². The number of nitrogen functional groups attached to an aromatic ring is 1. The van der Waals surface area contributed by atoms with E-state index in [-0.39, 0.29) is 17.3 Å². The van der Waals surface area contributed by atoms with Crippen molar-refractivity contribution in [1.82, 2.24) is 9.97 Å². The summed E-state index contributed by atoms with van der Waals surface area (Å²) in [6.07, 6.45) is 5.87. The van der Waals surface area contributed by atoms with Crippen LogP contribution in [0.4, 0.5) is 11.5 Å². The second-order valence-corrected chi connectivity index (χ2v) is 4.40. The van der Waals surface area contributed by atoms with Crippen molar-refractivity contribution in [2.75, 3.05) is 23.7 Å². The van der Waals surface area contributed by atoms with Gasteiger partial charge >= 0.3 is 0 Å². The van der Waals surface area contributed by atoms with Crippen molar-refractivity contribution in [2.24, 2.45) is 5.73 Å². The smallest absolute Gasteiger partial charge is 0.276 e. The highest BCUT2D eigenvalue weighted by Gasteiger charge is 2.23. The van der Waals surface area contributed by atoms with E-state index in [9.17, 15) is 4.79 Å². The fourth-order valence-electron chi connectivity index (χ4n) is 2.33. The normalized spacial score (nSPS) is 21.2. The lowest BCUT2D eigenvalue weighted by Gasteiger charge is -2.30. The first-order valence-electron chi connectivity index (χ1n) is 6.04. The number of anilines is 2. The van der Waals surface area contributed by atoms with Gasteiger partial charge in [0.15, 0.2) is 5.82 Å². The van der Waals surface area contributed by atoms with Gasteiger partial charge in [-0.3, -0.25) is 4.79 Å². The maximum absolute atomic E-state index is 11.5. The van der Waals surface area contributed by atoms with Crippen molar-refractivity contribution in [3.63, 3.8) is 0 Å². The minimum atomic E-state index is -0.282. The molecular formula is C11H19N5O. The van der Waals surface area contributed by atoms with Crippen LogP contribution < -0.4 is 21.9 Å². The van der Waals surface area contributed by atoms with Crippen LogP contribution in [0.5, 0.6) is 0 Å². The van der Waals surface area contributed by atoms with Crippen LogP contribution in [-0.4, -0.2) is 29.1 Å². The molecule has 1 fully saturated rings. The van der Waals surface area contributed by atoms with Gasteiger partial charge < -0.3 is 21.4 Å². The van der Waals surface area contributed by atoms with E-state index in [1.807, 2.05) is 0 Å². The Hall–Kier alpha value is -1.56. The first-order chi connectivity index (χ1) is 8.24. The number of nitrogens with two attached hydrogens (primary N) is 2. The summed E-state index contributed by atoms with van der Waals surface area (Å²) in [6.45, 7) is 1.43. The number of rotatable bonds is 2. The third kappa shape index (κ3) is 2.41. The molecule has 0 saturated carbocycles. The van der Waals surface area contributed by atoms with Crippen LogP contribution in [-0.2, 0) is 0 Å². The van der Waals surface area contributed by atoms with Crippen LogP contribution in [0, 0.1) is 0 Å². The topological polar surface area (TPSA) is 101 Å². The van der Waals surface area contributed by atoms with Gasteiger partial charge in [-0.05, 0) is 12.8 Å². The first-order valence-corrected chi connectivity index (χ1v) is 6.04. The summed E-state index contributed by atoms with van der Waals surface area (Å²) in [5.74, 6) is 0.575. The molecule has 1 aromatic heterocycles. The average Bonchev–Trinajstić information content (AvgIpc) is 2.57. The Morgan fingerprint density at radius 1 is 1.47 bits per heavy atom. The Kier molecular flexibility index (Phi) is 3.63. The van der Waals surface area contributed by atoms with Crippen LogP contribution in [0.15, 0.2) is 11.1 Å². The summed E-state index contributed by atoms with van der Waals surface area (Å²) in [5.41, 5.74) is 11.5. The van der Waals surface area contributed by atoms with E-state index >= 15 is 0 Å². The van der Waals surface area contributed by atoms with Crippen molar-refractivity contribution >= 4 is 11.5 Å². The highest BCUT2D eigenvalue weighted by molar-refractivity contribution is 5.61. The quantitative estimate of drug-likeness (QED) is 0.675. The molecule has 1 aliphatic rings. The van der Waals surface area contributed by atoms with Crippen molar-refractivity contribution in [2.45, 2.75) is 31.7 Å². The summed E-state index contributed by atoms with van der Waals surface area (Å²) < 4.78 is 0. The fourth-order valence-corrected chi connectivity index (χ4v) is 2.33. The summed E-state index contributed by atoms with van der Waals surface area (Å²) in [5, 5.41) is 0. The second-order valence-electron chi connectivity index (χ2n) is 4.40. The molecule has 1 atom stereocenters. The van der Waals surface area contributed by atoms with E-state index in [4.69, 9.17) is 11.5 Å².